The second-order valence-corrected chi connectivity index (χ2v) is 8.38. The average Bonchev–Trinajstić information content (AvgIpc) is 3.20. The Morgan fingerprint density at radius 3 is 2.67 bits per heavy atom. The molecule has 0 radical (unpaired) electrons. The number of rotatable bonds is 4. The molecule has 1 amide bonds. The van der Waals surface area contributed by atoms with Crippen molar-refractivity contribution in [2.75, 3.05) is 5.32 Å². The lowest BCUT2D eigenvalue weighted by molar-refractivity contribution is -0.116. The summed E-state index contributed by atoms with van der Waals surface area (Å²) in [6.45, 7) is 1.27. The number of halogens is 2. The number of carbonyl (C=O) groups excluding carboxylic acids is 1. The Hall–Kier alpha value is -3.04. The largest absolute Gasteiger partial charge is 0.336 e. The van der Waals surface area contributed by atoms with Crippen LogP contribution in [0.1, 0.15) is 5.56 Å². The Bertz CT molecular complexity index is 1410. The molecule has 0 aliphatic heterocycles. The molecule has 9 heteroatoms. The lowest BCUT2D eigenvalue weighted by atomic mass is 10.2. The third-order valence-corrected chi connectivity index (χ3v) is 6.19. The molecule has 0 atom stereocenters. The van der Waals surface area contributed by atoms with Gasteiger partial charge in [0.2, 0.25) is 5.91 Å². The number of carbonyl (C=O) groups is 1. The summed E-state index contributed by atoms with van der Waals surface area (Å²) in [5.41, 5.74) is 0.340. The summed E-state index contributed by atoms with van der Waals surface area (Å²) >= 11 is 4.55. The Labute approximate surface area is 182 Å². The molecule has 0 spiro atoms. The summed E-state index contributed by atoms with van der Waals surface area (Å²) in [4.78, 5) is 38.8. The fourth-order valence-electron chi connectivity index (χ4n) is 3.13. The third kappa shape index (κ3) is 3.61. The number of amides is 1. The highest BCUT2D eigenvalue weighted by atomic mass is 79.9. The molecule has 0 bridgehead atoms. The van der Waals surface area contributed by atoms with Crippen LogP contribution in [0.3, 0.4) is 0 Å². The Kier molecular flexibility index (Phi) is 5.40. The van der Waals surface area contributed by atoms with Crippen LogP contribution in [-0.2, 0) is 11.3 Å². The standard InChI is InChI=1S/C21H15BrFN3O3S/c1-12-10-13(6-7-15(12)23)26-20(28)19-17(8-9-30-19)25(21(26)29)11-18(27)24-16-5-3-2-4-14(16)22/h2-10H,11H2,1H3,(H,24,27). The maximum Gasteiger partial charge on any atom is 0.336 e. The number of hydrogen-bond acceptors (Lipinski definition) is 4. The highest BCUT2D eigenvalue weighted by Crippen LogP contribution is 2.22. The molecule has 0 saturated heterocycles. The summed E-state index contributed by atoms with van der Waals surface area (Å²) in [7, 11) is 0. The van der Waals surface area contributed by atoms with Gasteiger partial charge < -0.3 is 5.32 Å². The molecule has 0 aliphatic rings. The van der Waals surface area contributed by atoms with Crippen LogP contribution in [0.25, 0.3) is 15.9 Å². The van der Waals surface area contributed by atoms with Crippen molar-refractivity contribution < 1.29 is 9.18 Å². The van der Waals surface area contributed by atoms with E-state index in [9.17, 15) is 18.8 Å². The van der Waals surface area contributed by atoms with E-state index in [1.807, 2.05) is 6.07 Å². The zero-order chi connectivity index (χ0) is 21.4. The number of para-hydroxylation sites is 1. The second-order valence-electron chi connectivity index (χ2n) is 6.61. The molecule has 30 heavy (non-hydrogen) atoms. The highest BCUT2D eigenvalue weighted by molar-refractivity contribution is 9.10. The van der Waals surface area contributed by atoms with Gasteiger partial charge in [-0.15, -0.1) is 11.3 Å². The van der Waals surface area contributed by atoms with Crippen molar-refractivity contribution in [2.24, 2.45) is 0 Å². The van der Waals surface area contributed by atoms with Gasteiger partial charge in [0.15, 0.2) is 0 Å². The predicted molar refractivity (Wildman–Crippen MR) is 119 cm³/mol. The fraction of sp³-hybridized carbons (Fsp3) is 0.0952. The summed E-state index contributed by atoms with van der Waals surface area (Å²) in [5.74, 6) is -0.853. The number of anilines is 1. The summed E-state index contributed by atoms with van der Waals surface area (Å²) in [5, 5.41) is 4.44. The Balaban J connectivity index is 1.82. The molecule has 4 rings (SSSR count). The van der Waals surface area contributed by atoms with E-state index >= 15 is 0 Å². The van der Waals surface area contributed by atoms with Crippen molar-refractivity contribution in [2.45, 2.75) is 13.5 Å². The minimum atomic E-state index is -0.667. The van der Waals surface area contributed by atoms with Crippen LogP contribution in [0, 0.1) is 12.7 Å². The topological polar surface area (TPSA) is 73.1 Å². The van der Waals surface area contributed by atoms with Gasteiger partial charge in [0.1, 0.15) is 17.1 Å². The van der Waals surface area contributed by atoms with Gasteiger partial charge in [-0.3, -0.25) is 14.2 Å². The third-order valence-electron chi connectivity index (χ3n) is 4.60. The SMILES string of the molecule is Cc1cc(-n2c(=O)c3sccc3n(CC(=O)Nc3ccccc3Br)c2=O)ccc1F. The van der Waals surface area contributed by atoms with Crippen molar-refractivity contribution >= 4 is 49.1 Å². The van der Waals surface area contributed by atoms with Crippen molar-refractivity contribution in [1.82, 2.24) is 9.13 Å². The van der Waals surface area contributed by atoms with E-state index in [0.29, 0.717) is 25.9 Å². The first kappa shape index (κ1) is 20.2. The van der Waals surface area contributed by atoms with E-state index < -0.39 is 23.0 Å². The van der Waals surface area contributed by atoms with E-state index in [-0.39, 0.29) is 12.2 Å². The molecule has 6 nitrogen and oxygen atoms in total. The van der Waals surface area contributed by atoms with Crippen LogP contribution < -0.4 is 16.6 Å². The second kappa shape index (κ2) is 8.00. The molecule has 1 N–H and O–H groups in total. The van der Waals surface area contributed by atoms with Gasteiger partial charge in [0, 0.05) is 4.47 Å². The van der Waals surface area contributed by atoms with Gasteiger partial charge in [-0.2, -0.15) is 0 Å². The monoisotopic (exact) mass is 487 g/mol. The number of hydrogen-bond donors (Lipinski definition) is 1. The minimum absolute atomic E-state index is 0.249. The van der Waals surface area contributed by atoms with Crippen LogP contribution in [-0.4, -0.2) is 15.0 Å². The maximum absolute atomic E-state index is 13.7. The van der Waals surface area contributed by atoms with E-state index in [1.54, 1.807) is 36.6 Å². The van der Waals surface area contributed by atoms with Gasteiger partial charge in [-0.05, 0) is 70.2 Å². The van der Waals surface area contributed by atoms with Crippen molar-refractivity contribution in [1.29, 1.82) is 0 Å². The Morgan fingerprint density at radius 1 is 1.17 bits per heavy atom. The number of aryl methyl sites for hydroxylation is 1. The van der Waals surface area contributed by atoms with Crippen LogP contribution in [0.5, 0.6) is 0 Å². The maximum atomic E-state index is 13.7. The first-order valence-electron chi connectivity index (χ1n) is 8.91. The first-order chi connectivity index (χ1) is 14.4. The quantitative estimate of drug-likeness (QED) is 0.471. The van der Waals surface area contributed by atoms with Gasteiger partial charge >= 0.3 is 5.69 Å². The predicted octanol–water partition coefficient (Wildman–Crippen LogP) is 4.06. The van der Waals surface area contributed by atoms with Crippen LogP contribution in [0.4, 0.5) is 10.1 Å². The number of aromatic nitrogens is 2. The van der Waals surface area contributed by atoms with Gasteiger partial charge in [0.05, 0.1) is 16.9 Å². The number of fused-ring (bicyclic) bond motifs is 1. The van der Waals surface area contributed by atoms with Crippen molar-refractivity contribution in [3.05, 3.63) is 90.6 Å². The zero-order valence-electron chi connectivity index (χ0n) is 15.7. The molecule has 2 aromatic heterocycles. The first-order valence-corrected chi connectivity index (χ1v) is 10.6. The zero-order valence-corrected chi connectivity index (χ0v) is 18.1. The summed E-state index contributed by atoms with van der Waals surface area (Å²) < 4.78 is 16.9. The lowest BCUT2D eigenvalue weighted by Crippen LogP contribution is -2.40. The lowest BCUT2D eigenvalue weighted by Gasteiger charge is -2.13. The van der Waals surface area contributed by atoms with Gasteiger partial charge in [-0.1, -0.05) is 12.1 Å². The van der Waals surface area contributed by atoms with Crippen LogP contribution in [0.2, 0.25) is 0 Å². The molecule has 0 aliphatic carbocycles. The van der Waals surface area contributed by atoms with E-state index in [2.05, 4.69) is 21.2 Å². The summed E-state index contributed by atoms with van der Waals surface area (Å²) in [6.07, 6.45) is 0. The number of nitrogens with one attached hydrogen (secondary N) is 1. The van der Waals surface area contributed by atoms with E-state index in [0.717, 1.165) is 4.57 Å². The van der Waals surface area contributed by atoms with E-state index in [1.165, 1.54) is 34.1 Å². The van der Waals surface area contributed by atoms with Gasteiger partial charge in [0.25, 0.3) is 5.56 Å². The van der Waals surface area contributed by atoms with Crippen LogP contribution in [0.15, 0.2) is 68.0 Å². The molecule has 2 heterocycles. The smallest absolute Gasteiger partial charge is 0.324 e. The highest BCUT2D eigenvalue weighted by Gasteiger charge is 2.18. The van der Waals surface area contributed by atoms with Gasteiger partial charge in [-0.25, -0.2) is 13.8 Å². The number of benzene rings is 2. The van der Waals surface area contributed by atoms with E-state index in [4.69, 9.17) is 0 Å². The van der Waals surface area contributed by atoms with Crippen molar-refractivity contribution in [3.63, 3.8) is 0 Å². The minimum Gasteiger partial charge on any atom is -0.324 e. The molecular formula is C21H15BrFN3O3S. The normalized spacial score (nSPS) is 11.0. The number of thiophene rings is 1. The fourth-order valence-corrected chi connectivity index (χ4v) is 4.34. The average molecular weight is 488 g/mol. The molecule has 152 valence electrons. The molecule has 4 aromatic rings. The Morgan fingerprint density at radius 2 is 1.93 bits per heavy atom. The molecule has 2 aromatic carbocycles. The molecule has 0 saturated carbocycles. The molecular weight excluding hydrogens is 473 g/mol. The molecule has 0 fully saturated rings. The van der Waals surface area contributed by atoms with Crippen LogP contribution >= 0.6 is 27.3 Å². The molecule has 0 unspecified atom stereocenters. The van der Waals surface area contributed by atoms with Crippen molar-refractivity contribution in [3.8, 4) is 5.69 Å². The summed E-state index contributed by atoms with van der Waals surface area (Å²) in [6, 6.07) is 12.8. The number of nitrogens with zero attached hydrogens (tertiary/aromatic N) is 2.